The van der Waals surface area contributed by atoms with Gasteiger partial charge in [-0.25, -0.2) is 4.39 Å². The topological polar surface area (TPSA) is 55.1 Å². The first kappa shape index (κ1) is 14.5. The minimum absolute atomic E-state index is 0.0139. The van der Waals surface area contributed by atoms with Crippen LogP contribution in [0.3, 0.4) is 0 Å². The number of carbonyl (C=O) groups is 1. The van der Waals surface area contributed by atoms with E-state index < -0.39 is 0 Å². The molecule has 2 aromatic rings. The highest BCUT2D eigenvalue weighted by molar-refractivity contribution is 7.17. The predicted octanol–water partition coefficient (Wildman–Crippen LogP) is 3.29. The van der Waals surface area contributed by atoms with Crippen LogP contribution in [0.1, 0.15) is 36.0 Å². The summed E-state index contributed by atoms with van der Waals surface area (Å²) in [5.74, 6) is 0.0389. The van der Waals surface area contributed by atoms with E-state index in [-0.39, 0.29) is 17.8 Å². The van der Waals surface area contributed by atoms with Gasteiger partial charge in [0.25, 0.3) is 5.91 Å². The normalized spacial score (nSPS) is 17.2. The Balaban J connectivity index is 1.83. The molecule has 1 saturated carbocycles. The molecule has 1 aliphatic carbocycles. The van der Waals surface area contributed by atoms with Gasteiger partial charge in [0, 0.05) is 22.7 Å². The van der Waals surface area contributed by atoms with Crippen molar-refractivity contribution in [3.63, 3.8) is 0 Å². The molecule has 1 unspecified atom stereocenters. The molecule has 1 heterocycles. The monoisotopic (exact) mass is 306 g/mol. The van der Waals surface area contributed by atoms with Crippen molar-refractivity contribution in [2.24, 2.45) is 11.7 Å². The molecule has 1 fully saturated rings. The Morgan fingerprint density at radius 2 is 2.14 bits per heavy atom. The van der Waals surface area contributed by atoms with E-state index in [1.54, 1.807) is 12.1 Å². The summed E-state index contributed by atoms with van der Waals surface area (Å²) >= 11 is 1.39. The first-order chi connectivity index (χ1) is 10.2. The number of thiophene rings is 1. The molecule has 112 valence electrons. The van der Waals surface area contributed by atoms with E-state index in [0.717, 1.165) is 12.8 Å². The van der Waals surface area contributed by atoms with E-state index in [1.807, 2.05) is 5.38 Å². The number of hydrogen-bond donors (Lipinski definition) is 2. The molecule has 1 amide bonds. The third kappa shape index (κ3) is 2.80. The summed E-state index contributed by atoms with van der Waals surface area (Å²) in [5.41, 5.74) is 6.36. The molecule has 0 spiro atoms. The Hall–Kier alpha value is -1.46. The van der Waals surface area contributed by atoms with Crippen LogP contribution >= 0.6 is 11.3 Å². The molecule has 3 rings (SSSR count). The molecule has 1 aromatic carbocycles. The van der Waals surface area contributed by atoms with Gasteiger partial charge in [-0.05, 0) is 42.3 Å². The fraction of sp³-hybridized carbons (Fsp3) is 0.438. The van der Waals surface area contributed by atoms with Gasteiger partial charge in [-0.15, -0.1) is 11.3 Å². The lowest BCUT2D eigenvalue weighted by molar-refractivity contribution is 0.0926. The molecule has 0 radical (unpaired) electrons. The minimum atomic E-state index is -0.283. The van der Waals surface area contributed by atoms with Crippen LogP contribution in [0.5, 0.6) is 0 Å². The number of halogens is 1. The maximum atomic E-state index is 13.7. The highest BCUT2D eigenvalue weighted by Gasteiger charge is 2.26. The number of carbonyl (C=O) groups excluding carboxylic acids is 1. The number of amides is 1. The molecule has 5 heteroatoms. The molecular formula is C16H19FN2OS. The van der Waals surface area contributed by atoms with Crippen molar-refractivity contribution < 1.29 is 9.18 Å². The molecule has 1 atom stereocenters. The zero-order valence-electron chi connectivity index (χ0n) is 11.8. The number of rotatable bonds is 4. The van der Waals surface area contributed by atoms with Crippen LogP contribution in [0.15, 0.2) is 23.6 Å². The first-order valence-electron chi connectivity index (χ1n) is 7.37. The van der Waals surface area contributed by atoms with Crippen LogP contribution in [0.2, 0.25) is 0 Å². The molecule has 3 nitrogen and oxygen atoms in total. The number of fused-ring (bicyclic) bond motifs is 1. The van der Waals surface area contributed by atoms with Crippen LogP contribution in [0.25, 0.3) is 10.1 Å². The lowest BCUT2D eigenvalue weighted by atomic mass is 9.97. The maximum absolute atomic E-state index is 13.7. The van der Waals surface area contributed by atoms with Crippen molar-refractivity contribution in [3.8, 4) is 0 Å². The smallest absolute Gasteiger partial charge is 0.253 e. The fourth-order valence-corrected chi connectivity index (χ4v) is 4.10. The average Bonchev–Trinajstić information content (AvgIpc) is 3.16. The third-order valence-electron chi connectivity index (χ3n) is 4.35. The second-order valence-corrected chi connectivity index (χ2v) is 6.53. The van der Waals surface area contributed by atoms with E-state index in [2.05, 4.69) is 5.32 Å². The fourth-order valence-electron chi connectivity index (χ4n) is 3.18. The summed E-state index contributed by atoms with van der Waals surface area (Å²) < 4.78 is 14.4. The van der Waals surface area contributed by atoms with Gasteiger partial charge in [0.2, 0.25) is 0 Å². The molecule has 0 bridgehead atoms. The van der Waals surface area contributed by atoms with E-state index in [1.165, 1.54) is 30.2 Å². The van der Waals surface area contributed by atoms with Gasteiger partial charge in [-0.2, -0.15) is 0 Å². The highest BCUT2D eigenvalue weighted by atomic mass is 32.1. The van der Waals surface area contributed by atoms with E-state index in [0.29, 0.717) is 28.1 Å². The molecule has 21 heavy (non-hydrogen) atoms. The van der Waals surface area contributed by atoms with Gasteiger partial charge in [-0.3, -0.25) is 4.79 Å². The van der Waals surface area contributed by atoms with Crippen molar-refractivity contribution in [3.05, 3.63) is 35.0 Å². The number of nitrogens with two attached hydrogens (primary N) is 1. The van der Waals surface area contributed by atoms with Crippen molar-refractivity contribution in [1.82, 2.24) is 5.32 Å². The Morgan fingerprint density at radius 1 is 1.38 bits per heavy atom. The quantitative estimate of drug-likeness (QED) is 0.910. The minimum Gasteiger partial charge on any atom is -0.348 e. The molecule has 1 aliphatic rings. The second-order valence-electron chi connectivity index (χ2n) is 5.62. The summed E-state index contributed by atoms with van der Waals surface area (Å²) in [5, 5.41) is 5.37. The summed E-state index contributed by atoms with van der Waals surface area (Å²) in [7, 11) is 0. The Labute approximate surface area is 127 Å². The zero-order chi connectivity index (χ0) is 14.8. The van der Waals surface area contributed by atoms with Crippen molar-refractivity contribution >= 4 is 27.3 Å². The first-order valence-corrected chi connectivity index (χ1v) is 8.25. The standard InChI is InChI=1S/C16H19FN2OS/c17-13-6-5-12(15-11(13)7-8-21-15)16(20)19-14(9-18)10-3-1-2-4-10/h5-8,10,14H,1-4,9,18H2,(H,19,20). The maximum Gasteiger partial charge on any atom is 0.253 e. The molecular weight excluding hydrogens is 287 g/mol. The summed E-state index contributed by atoms with van der Waals surface area (Å²) in [4.78, 5) is 12.5. The molecule has 1 aromatic heterocycles. The van der Waals surface area contributed by atoms with Gasteiger partial charge in [0.1, 0.15) is 5.82 Å². The Kier molecular flexibility index (Phi) is 4.22. The lowest BCUT2D eigenvalue weighted by Gasteiger charge is -2.23. The zero-order valence-corrected chi connectivity index (χ0v) is 12.6. The van der Waals surface area contributed by atoms with Gasteiger partial charge < -0.3 is 11.1 Å². The van der Waals surface area contributed by atoms with Gasteiger partial charge >= 0.3 is 0 Å². The Bertz CT molecular complexity index is 649. The van der Waals surface area contributed by atoms with Crippen molar-refractivity contribution in [2.45, 2.75) is 31.7 Å². The van der Waals surface area contributed by atoms with Gasteiger partial charge in [0.15, 0.2) is 0 Å². The van der Waals surface area contributed by atoms with Crippen LogP contribution in [-0.2, 0) is 0 Å². The van der Waals surface area contributed by atoms with Crippen LogP contribution in [0, 0.1) is 11.7 Å². The van der Waals surface area contributed by atoms with Gasteiger partial charge in [-0.1, -0.05) is 12.8 Å². The van der Waals surface area contributed by atoms with Crippen LogP contribution in [0.4, 0.5) is 4.39 Å². The summed E-state index contributed by atoms with van der Waals surface area (Å²) in [6.07, 6.45) is 4.67. The molecule has 0 saturated heterocycles. The Morgan fingerprint density at radius 3 is 2.86 bits per heavy atom. The SMILES string of the molecule is NCC(NC(=O)c1ccc(F)c2ccsc12)C1CCCC1. The number of hydrogen-bond acceptors (Lipinski definition) is 3. The second kappa shape index (κ2) is 6.12. The highest BCUT2D eigenvalue weighted by Crippen LogP contribution is 2.29. The van der Waals surface area contributed by atoms with Crippen LogP contribution in [-0.4, -0.2) is 18.5 Å². The van der Waals surface area contributed by atoms with E-state index >= 15 is 0 Å². The summed E-state index contributed by atoms with van der Waals surface area (Å²) in [6, 6.07) is 4.65. The van der Waals surface area contributed by atoms with Crippen LogP contribution < -0.4 is 11.1 Å². The molecule has 0 aliphatic heterocycles. The average molecular weight is 306 g/mol. The number of benzene rings is 1. The van der Waals surface area contributed by atoms with Crippen molar-refractivity contribution in [2.75, 3.05) is 6.54 Å². The van der Waals surface area contributed by atoms with E-state index in [4.69, 9.17) is 5.73 Å². The van der Waals surface area contributed by atoms with E-state index in [9.17, 15) is 9.18 Å². The summed E-state index contributed by atoms with van der Waals surface area (Å²) in [6.45, 7) is 0.450. The number of nitrogens with one attached hydrogen (secondary N) is 1. The van der Waals surface area contributed by atoms with Crippen molar-refractivity contribution in [1.29, 1.82) is 0 Å². The lowest BCUT2D eigenvalue weighted by Crippen LogP contribution is -2.44. The predicted molar refractivity (Wildman–Crippen MR) is 84.0 cm³/mol. The van der Waals surface area contributed by atoms with Gasteiger partial charge in [0.05, 0.1) is 5.56 Å². The largest absolute Gasteiger partial charge is 0.348 e. The molecule has 3 N–H and O–H groups in total. The third-order valence-corrected chi connectivity index (χ3v) is 5.30.